The van der Waals surface area contributed by atoms with Crippen LogP contribution >= 0.6 is 44.3 Å². The van der Waals surface area contributed by atoms with Crippen LogP contribution in [0.4, 0.5) is 0 Å². The summed E-state index contributed by atoms with van der Waals surface area (Å²) >= 11 is 6.51. The maximum atomic E-state index is 5.42. The summed E-state index contributed by atoms with van der Waals surface area (Å²) < 4.78 is 1.62. The minimum atomic E-state index is 0. The molecule has 0 unspecified atom stereocenters. The molecular weight excluding hydrogens is 295 g/mol. The first-order valence-corrected chi connectivity index (χ1v) is 4.33. The third-order valence-corrected chi connectivity index (χ3v) is 1.87. The molecule has 0 radical (unpaired) electrons. The second-order valence-electron chi connectivity index (χ2n) is 1.82. The van der Waals surface area contributed by atoms with E-state index in [0.717, 1.165) is 14.8 Å². The van der Waals surface area contributed by atoms with Crippen molar-refractivity contribution in [1.82, 2.24) is 4.98 Å². The fourth-order valence-electron chi connectivity index (χ4n) is 0.632. The van der Waals surface area contributed by atoms with Gasteiger partial charge in [-0.05, 0) is 49.6 Å². The molecular formula is C6H7Br2ClN2. The Labute approximate surface area is 88.2 Å². The normalized spacial score (nSPS) is 9.00. The molecule has 0 saturated heterocycles. The summed E-state index contributed by atoms with van der Waals surface area (Å²) in [4.78, 5) is 4.06. The minimum absolute atomic E-state index is 0. The molecule has 5 heteroatoms. The highest BCUT2D eigenvalue weighted by Gasteiger charge is 1.95. The van der Waals surface area contributed by atoms with Gasteiger partial charge in [0.1, 0.15) is 9.21 Å². The van der Waals surface area contributed by atoms with E-state index < -0.39 is 0 Å². The fourth-order valence-corrected chi connectivity index (χ4v) is 1.84. The van der Waals surface area contributed by atoms with E-state index in [0.29, 0.717) is 6.54 Å². The summed E-state index contributed by atoms with van der Waals surface area (Å²) in [5.41, 5.74) is 6.48. The first-order chi connectivity index (χ1) is 4.72. The Morgan fingerprint density at radius 2 is 1.73 bits per heavy atom. The number of hydrogen-bond acceptors (Lipinski definition) is 2. The largest absolute Gasteiger partial charge is 0.326 e. The smallest absolute Gasteiger partial charge is 0.107 e. The number of pyridine rings is 1. The number of hydrogen-bond donors (Lipinski definition) is 1. The van der Waals surface area contributed by atoms with Crippen LogP contribution in [0.25, 0.3) is 0 Å². The zero-order valence-electron chi connectivity index (χ0n) is 5.55. The Balaban J connectivity index is 0.000001000. The molecule has 1 rings (SSSR count). The maximum Gasteiger partial charge on any atom is 0.107 e. The van der Waals surface area contributed by atoms with Gasteiger partial charge in [0.2, 0.25) is 0 Å². The topological polar surface area (TPSA) is 38.9 Å². The van der Waals surface area contributed by atoms with Crippen LogP contribution in [0.1, 0.15) is 5.56 Å². The van der Waals surface area contributed by atoms with E-state index in [1.54, 1.807) is 0 Å². The highest BCUT2D eigenvalue weighted by molar-refractivity contribution is 9.11. The number of nitrogens with two attached hydrogens (primary N) is 1. The lowest BCUT2D eigenvalue weighted by Gasteiger charge is -1.97. The molecule has 0 aromatic carbocycles. The van der Waals surface area contributed by atoms with Crippen LogP contribution in [0.2, 0.25) is 0 Å². The van der Waals surface area contributed by atoms with Crippen LogP contribution in [0.15, 0.2) is 21.3 Å². The number of halogens is 3. The Bertz CT molecular complexity index is 222. The molecule has 1 aromatic heterocycles. The van der Waals surface area contributed by atoms with Crippen molar-refractivity contribution >= 4 is 44.3 Å². The molecule has 0 aliphatic carbocycles. The van der Waals surface area contributed by atoms with Gasteiger partial charge in [-0.3, -0.25) is 0 Å². The van der Waals surface area contributed by atoms with E-state index in [2.05, 4.69) is 36.8 Å². The molecule has 0 fully saturated rings. The van der Waals surface area contributed by atoms with E-state index >= 15 is 0 Å². The molecule has 0 aliphatic rings. The van der Waals surface area contributed by atoms with Crippen LogP contribution in [-0.2, 0) is 6.54 Å². The number of rotatable bonds is 1. The molecule has 1 aromatic rings. The van der Waals surface area contributed by atoms with E-state index in [4.69, 9.17) is 5.73 Å². The molecule has 62 valence electrons. The summed E-state index contributed by atoms with van der Waals surface area (Å²) in [5.74, 6) is 0. The van der Waals surface area contributed by atoms with Gasteiger partial charge >= 0.3 is 0 Å². The molecule has 0 spiro atoms. The average molecular weight is 302 g/mol. The van der Waals surface area contributed by atoms with E-state index in [1.807, 2.05) is 12.1 Å². The van der Waals surface area contributed by atoms with Crippen molar-refractivity contribution in [2.45, 2.75) is 6.54 Å². The van der Waals surface area contributed by atoms with Gasteiger partial charge in [-0.15, -0.1) is 12.4 Å². The number of nitrogens with zero attached hydrogens (tertiary/aromatic N) is 1. The third-order valence-electron chi connectivity index (χ3n) is 1.06. The Morgan fingerprint density at radius 3 is 2.09 bits per heavy atom. The lowest BCUT2D eigenvalue weighted by Crippen LogP contribution is -1.96. The van der Waals surface area contributed by atoms with Gasteiger partial charge in [0.15, 0.2) is 0 Å². The van der Waals surface area contributed by atoms with Gasteiger partial charge in [-0.2, -0.15) is 0 Å². The predicted molar refractivity (Wildman–Crippen MR) is 54.8 cm³/mol. The van der Waals surface area contributed by atoms with Crippen LogP contribution in [0.3, 0.4) is 0 Å². The van der Waals surface area contributed by atoms with Crippen molar-refractivity contribution in [1.29, 1.82) is 0 Å². The SMILES string of the molecule is Cl.NCc1cc(Br)nc(Br)c1. The highest BCUT2D eigenvalue weighted by Crippen LogP contribution is 2.14. The molecule has 11 heavy (non-hydrogen) atoms. The third kappa shape index (κ3) is 3.51. The van der Waals surface area contributed by atoms with Crippen LogP contribution in [-0.4, -0.2) is 4.98 Å². The molecule has 0 amide bonds. The Kier molecular flexibility index (Phi) is 5.25. The van der Waals surface area contributed by atoms with Gasteiger partial charge in [0, 0.05) is 6.54 Å². The molecule has 0 bridgehead atoms. The van der Waals surface area contributed by atoms with Crippen LogP contribution in [0, 0.1) is 0 Å². The molecule has 2 N–H and O–H groups in total. The average Bonchev–Trinajstić information content (AvgIpc) is 1.85. The summed E-state index contributed by atoms with van der Waals surface area (Å²) in [6.45, 7) is 0.541. The highest BCUT2D eigenvalue weighted by atomic mass is 79.9. The summed E-state index contributed by atoms with van der Waals surface area (Å²) in [6.07, 6.45) is 0. The zero-order valence-corrected chi connectivity index (χ0v) is 9.54. The van der Waals surface area contributed by atoms with Gasteiger partial charge in [-0.1, -0.05) is 0 Å². The molecule has 0 atom stereocenters. The van der Waals surface area contributed by atoms with Crippen LogP contribution < -0.4 is 5.73 Å². The second-order valence-corrected chi connectivity index (χ2v) is 3.45. The molecule has 0 aliphatic heterocycles. The number of aromatic nitrogens is 1. The summed E-state index contributed by atoms with van der Waals surface area (Å²) in [7, 11) is 0. The quantitative estimate of drug-likeness (QED) is 0.810. The van der Waals surface area contributed by atoms with Crippen molar-refractivity contribution in [3.8, 4) is 0 Å². The van der Waals surface area contributed by atoms with Gasteiger partial charge < -0.3 is 5.73 Å². The lowest BCUT2D eigenvalue weighted by molar-refractivity contribution is 1.04. The van der Waals surface area contributed by atoms with Crippen molar-refractivity contribution in [2.75, 3.05) is 0 Å². The van der Waals surface area contributed by atoms with Gasteiger partial charge in [-0.25, -0.2) is 4.98 Å². The van der Waals surface area contributed by atoms with Gasteiger partial charge in [0.25, 0.3) is 0 Å². The summed E-state index contributed by atoms with van der Waals surface area (Å²) in [6, 6.07) is 3.79. The van der Waals surface area contributed by atoms with Crippen molar-refractivity contribution in [3.05, 3.63) is 26.9 Å². The predicted octanol–water partition coefficient (Wildman–Crippen LogP) is 2.49. The summed E-state index contributed by atoms with van der Waals surface area (Å²) in [5, 5.41) is 0. The molecule has 2 nitrogen and oxygen atoms in total. The molecule has 0 saturated carbocycles. The molecule has 1 heterocycles. The second kappa shape index (κ2) is 5.09. The first kappa shape index (κ1) is 11.4. The Hall–Kier alpha value is 0.360. The van der Waals surface area contributed by atoms with E-state index in [-0.39, 0.29) is 12.4 Å². The van der Waals surface area contributed by atoms with Crippen LogP contribution in [0.5, 0.6) is 0 Å². The Morgan fingerprint density at radius 1 is 1.27 bits per heavy atom. The standard InChI is InChI=1S/C6H6Br2N2.ClH/c7-5-1-4(3-9)2-6(8)10-5;/h1-2H,3,9H2;1H. The fraction of sp³-hybridized carbons (Fsp3) is 0.167. The first-order valence-electron chi connectivity index (χ1n) is 2.74. The maximum absolute atomic E-state index is 5.42. The minimum Gasteiger partial charge on any atom is -0.326 e. The zero-order chi connectivity index (χ0) is 7.56. The van der Waals surface area contributed by atoms with Gasteiger partial charge in [0.05, 0.1) is 0 Å². The monoisotopic (exact) mass is 300 g/mol. The van der Waals surface area contributed by atoms with E-state index in [1.165, 1.54) is 0 Å². The van der Waals surface area contributed by atoms with Crippen molar-refractivity contribution < 1.29 is 0 Å². The van der Waals surface area contributed by atoms with Crippen molar-refractivity contribution in [3.63, 3.8) is 0 Å². The van der Waals surface area contributed by atoms with Crippen molar-refractivity contribution in [2.24, 2.45) is 5.73 Å². The van der Waals surface area contributed by atoms with E-state index in [9.17, 15) is 0 Å². The lowest BCUT2D eigenvalue weighted by atomic mass is 10.3.